The van der Waals surface area contributed by atoms with Crippen LogP contribution in [-0.2, 0) is 13.0 Å². The minimum Gasteiger partial charge on any atom is -0.489 e. The summed E-state index contributed by atoms with van der Waals surface area (Å²) in [6.45, 7) is 6.75. The number of aryl methyl sites for hydroxylation is 1. The lowest BCUT2D eigenvalue weighted by Gasteiger charge is -2.09. The second-order valence-electron chi connectivity index (χ2n) is 6.00. The highest BCUT2D eigenvalue weighted by atomic mass is 16.5. The van der Waals surface area contributed by atoms with E-state index < -0.39 is 0 Å². The SMILES string of the molecule is CC/C(C#N)=C/C=C(\C)c1cccc(OCc2cccc(CC)c2)c1. The van der Waals surface area contributed by atoms with Crippen molar-refractivity contribution < 1.29 is 4.74 Å². The highest BCUT2D eigenvalue weighted by molar-refractivity contribution is 5.66. The van der Waals surface area contributed by atoms with E-state index in [0.717, 1.165) is 35.3 Å². The lowest BCUT2D eigenvalue weighted by atomic mass is 10.1. The highest BCUT2D eigenvalue weighted by Crippen LogP contribution is 2.21. The van der Waals surface area contributed by atoms with Crippen molar-refractivity contribution in [2.75, 3.05) is 0 Å². The Morgan fingerprint density at radius 2 is 1.80 bits per heavy atom. The molecule has 0 aliphatic carbocycles. The van der Waals surface area contributed by atoms with E-state index in [2.05, 4.69) is 43.3 Å². The average molecular weight is 331 g/mol. The van der Waals surface area contributed by atoms with E-state index in [1.165, 1.54) is 11.1 Å². The number of ether oxygens (including phenoxy) is 1. The molecule has 0 saturated heterocycles. The van der Waals surface area contributed by atoms with Crippen molar-refractivity contribution in [1.29, 1.82) is 5.26 Å². The molecule has 0 aliphatic rings. The molecule has 0 unspecified atom stereocenters. The van der Waals surface area contributed by atoms with E-state index in [1.54, 1.807) is 0 Å². The number of allylic oxidation sites excluding steroid dienone is 4. The summed E-state index contributed by atoms with van der Waals surface area (Å²) in [5.41, 5.74) is 5.50. The Morgan fingerprint density at radius 1 is 1.04 bits per heavy atom. The molecule has 0 atom stereocenters. The van der Waals surface area contributed by atoms with Gasteiger partial charge in [-0.2, -0.15) is 5.26 Å². The first-order valence-corrected chi connectivity index (χ1v) is 8.74. The van der Waals surface area contributed by atoms with Crippen LogP contribution in [0.3, 0.4) is 0 Å². The van der Waals surface area contributed by atoms with Gasteiger partial charge in [-0.05, 0) is 60.2 Å². The quantitative estimate of drug-likeness (QED) is 0.454. The molecule has 0 aromatic heterocycles. The van der Waals surface area contributed by atoms with E-state index in [9.17, 15) is 0 Å². The fraction of sp³-hybridized carbons (Fsp3) is 0.261. The van der Waals surface area contributed by atoms with Crippen molar-refractivity contribution in [3.8, 4) is 11.8 Å². The zero-order valence-corrected chi connectivity index (χ0v) is 15.3. The van der Waals surface area contributed by atoms with Crippen LogP contribution in [-0.4, -0.2) is 0 Å². The van der Waals surface area contributed by atoms with Gasteiger partial charge in [0, 0.05) is 5.57 Å². The summed E-state index contributed by atoms with van der Waals surface area (Å²) in [6.07, 6.45) is 5.66. The van der Waals surface area contributed by atoms with Gasteiger partial charge in [0.25, 0.3) is 0 Å². The Hall–Kier alpha value is -2.79. The van der Waals surface area contributed by atoms with Crippen LogP contribution in [0.2, 0.25) is 0 Å². The molecule has 0 amide bonds. The molecule has 0 radical (unpaired) electrons. The molecular weight excluding hydrogens is 306 g/mol. The molecular formula is C23H25NO. The van der Waals surface area contributed by atoms with E-state index in [1.807, 2.05) is 44.2 Å². The van der Waals surface area contributed by atoms with Crippen LogP contribution in [0.4, 0.5) is 0 Å². The highest BCUT2D eigenvalue weighted by Gasteiger charge is 2.01. The van der Waals surface area contributed by atoms with Crippen molar-refractivity contribution in [2.24, 2.45) is 0 Å². The molecule has 0 fully saturated rings. The zero-order valence-electron chi connectivity index (χ0n) is 15.3. The van der Waals surface area contributed by atoms with E-state index >= 15 is 0 Å². The van der Waals surface area contributed by atoms with Crippen molar-refractivity contribution >= 4 is 5.57 Å². The number of rotatable bonds is 7. The molecule has 0 spiro atoms. The predicted molar refractivity (Wildman–Crippen MR) is 104 cm³/mol. The maximum Gasteiger partial charge on any atom is 0.120 e. The smallest absolute Gasteiger partial charge is 0.120 e. The summed E-state index contributed by atoms with van der Waals surface area (Å²) in [7, 11) is 0. The molecule has 2 aromatic rings. The minimum atomic E-state index is 0.564. The van der Waals surface area contributed by atoms with Crippen LogP contribution < -0.4 is 4.74 Å². The number of hydrogen-bond acceptors (Lipinski definition) is 2. The normalized spacial score (nSPS) is 11.9. The molecule has 0 aliphatic heterocycles. The van der Waals surface area contributed by atoms with Crippen LogP contribution in [0.5, 0.6) is 5.75 Å². The number of nitriles is 1. The van der Waals surface area contributed by atoms with Gasteiger partial charge < -0.3 is 4.74 Å². The minimum absolute atomic E-state index is 0.564. The number of benzene rings is 2. The lowest BCUT2D eigenvalue weighted by Crippen LogP contribution is -1.96. The van der Waals surface area contributed by atoms with E-state index in [4.69, 9.17) is 10.00 Å². The largest absolute Gasteiger partial charge is 0.489 e. The summed E-state index contributed by atoms with van der Waals surface area (Å²) >= 11 is 0. The van der Waals surface area contributed by atoms with Crippen molar-refractivity contribution in [2.45, 2.75) is 40.2 Å². The van der Waals surface area contributed by atoms with Gasteiger partial charge in [-0.1, -0.05) is 56.3 Å². The van der Waals surface area contributed by atoms with Crippen LogP contribution in [0, 0.1) is 11.3 Å². The second-order valence-corrected chi connectivity index (χ2v) is 6.00. The average Bonchev–Trinajstić information content (AvgIpc) is 2.67. The lowest BCUT2D eigenvalue weighted by molar-refractivity contribution is 0.306. The molecule has 2 rings (SSSR count). The fourth-order valence-electron chi connectivity index (χ4n) is 2.49. The van der Waals surface area contributed by atoms with E-state index in [-0.39, 0.29) is 0 Å². The molecule has 2 nitrogen and oxygen atoms in total. The van der Waals surface area contributed by atoms with Gasteiger partial charge in [-0.25, -0.2) is 0 Å². The van der Waals surface area contributed by atoms with Crippen LogP contribution >= 0.6 is 0 Å². The summed E-state index contributed by atoms with van der Waals surface area (Å²) in [6, 6.07) is 18.8. The second kappa shape index (κ2) is 9.49. The maximum atomic E-state index is 9.00. The first-order valence-electron chi connectivity index (χ1n) is 8.74. The molecule has 128 valence electrons. The third-order valence-electron chi connectivity index (χ3n) is 4.15. The maximum absolute atomic E-state index is 9.00. The Bertz CT molecular complexity index is 809. The van der Waals surface area contributed by atoms with Gasteiger partial charge in [0.2, 0.25) is 0 Å². The Labute approximate surface area is 151 Å². The molecule has 0 N–H and O–H groups in total. The monoisotopic (exact) mass is 331 g/mol. The van der Waals surface area contributed by atoms with Crippen molar-refractivity contribution in [3.63, 3.8) is 0 Å². The van der Waals surface area contributed by atoms with Gasteiger partial charge >= 0.3 is 0 Å². The van der Waals surface area contributed by atoms with Gasteiger partial charge in [-0.3, -0.25) is 0 Å². The van der Waals surface area contributed by atoms with E-state index in [0.29, 0.717) is 6.61 Å². The van der Waals surface area contributed by atoms with Gasteiger partial charge in [0.1, 0.15) is 12.4 Å². The Morgan fingerprint density at radius 3 is 2.52 bits per heavy atom. The van der Waals surface area contributed by atoms with Crippen LogP contribution in [0.15, 0.2) is 66.3 Å². The summed E-state index contributed by atoms with van der Waals surface area (Å²) < 4.78 is 5.96. The molecule has 2 aromatic carbocycles. The molecule has 0 bridgehead atoms. The Kier molecular flexibility index (Phi) is 7.04. The summed E-state index contributed by atoms with van der Waals surface area (Å²) in [5, 5.41) is 9.00. The molecule has 2 heteroatoms. The fourth-order valence-corrected chi connectivity index (χ4v) is 2.49. The standard InChI is InChI=1S/C23H25NO/c1-4-19-8-6-9-21(14-19)17-25-23-11-7-10-22(15-23)18(3)12-13-20(5-2)16-24/h6-15H,4-5,17H2,1-3H3/b18-12+,20-13-. The Balaban J connectivity index is 2.09. The van der Waals surface area contributed by atoms with Crippen LogP contribution in [0.25, 0.3) is 5.57 Å². The van der Waals surface area contributed by atoms with Gasteiger partial charge in [-0.15, -0.1) is 0 Å². The molecule has 0 saturated carbocycles. The first kappa shape index (κ1) is 18.5. The van der Waals surface area contributed by atoms with Crippen molar-refractivity contribution in [1.82, 2.24) is 0 Å². The van der Waals surface area contributed by atoms with Gasteiger partial charge in [0.05, 0.1) is 6.07 Å². The van der Waals surface area contributed by atoms with Crippen LogP contribution in [0.1, 0.15) is 43.9 Å². The predicted octanol–water partition coefficient (Wildman–Crippen LogP) is 6.09. The molecule has 0 heterocycles. The number of hydrogen-bond donors (Lipinski definition) is 0. The third-order valence-corrected chi connectivity index (χ3v) is 4.15. The zero-order chi connectivity index (χ0) is 18.1. The van der Waals surface area contributed by atoms with Gasteiger partial charge in [0.15, 0.2) is 0 Å². The number of nitrogens with zero attached hydrogens (tertiary/aromatic N) is 1. The molecule has 25 heavy (non-hydrogen) atoms. The topological polar surface area (TPSA) is 33.0 Å². The third kappa shape index (κ3) is 5.65. The first-order chi connectivity index (χ1) is 12.2. The summed E-state index contributed by atoms with van der Waals surface area (Å²) in [5.74, 6) is 0.854. The summed E-state index contributed by atoms with van der Waals surface area (Å²) in [4.78, 5) is 0. The van der Waals surface area contributed by atoms with Crippen molar-refractivity contribution in [3.05, 3.63) is 82.9 Å².